The van der Waals surface area contributed by atoms with Crippen LogP contribution in [0.5, 0.6) is 0 Å². The lowest BCUT2D eigenvalue weighted by molar-refractivity contribution is -0.132. The molecule has 0 heterocycles. The van der Waals surface area contributed by atoms with Crippen LogP contribution in [-0.2, 0) is 16.0 Å². The summed E-state index contributed by atoms with van der Waals surface area (Å²) in [5, 5.41) is 2.57. The Morgan fingerprint density at radius 1 is 1.04 bits per heavy atom. The van der Waals surface area contributed by atoms with E-state index in [0.717, 1.165) is 0 Å². The van der Waals surface area contributed by atoms with Crippen molar-refractivity contribution in [1.82, 2.24) is 4.90 Å². The number of rotatable bonds is 5. The zero-order valence-electron chi connectivity index (χ0n) is 12.6. The number of hydrogen-bond donors (Lipinski definition) is 1. The van der Waals surface area contributed by atoms with E-state index in [4.69, 9.17) is 0 Å². The van der Waals surface area contributed by atoms with Gasteiger partial charge in [0.1, 0.15) is 11.6 Å². The van der Waals surface area contributed by atoms with Gasteiger partial charge in [-0.05, 0) is 42.0 Å². The molecule has 2 aromatic rings. The molecule has 1 N–H and O–H groups in total. The summed E-state index contributed by atoms with van der Waals surface area (Å²) in [7, 11) is 1.49. The Morgan fingerprint density at radius 3 is 2.39 bits per heavy atom. The molecule has 23 heavy (non-hydrogen) atoms. The number of carbonyl (C=O) groups excluding carboxylic acids is 2. The maximum Gasteiger partial charge on any atom is 0.243 e. The van der Waals surface area contributed by atoms with Gasteiger partial charge >= 0.3 is 0 Å². The second kappa shape index (κ2) is 7.49. The fraction of sp³-hybridized carbons (Fsp3) is 0.176. The highest BCUT2D eigenvalue weighted by molar-refractivity contribution is 5.94. The molecule has 0 unspecified atom stereocenters. The summed E-state index contributed by atoms with van der Waals surface area (Å²) in [4.78, 5) is 25.1. The van der Waals surface area contributed by atoms with Crippen LogP contribution in [0.2, 0.25) is 0 Å². The zero-order chi connectivity index (χ0) is 16.8. The number of likely N-dealkylation sites (N-methyl/N-ethyl adjacent to an activating group) is 1. The Labute approximate surface area is 132 Å². The number of amides is 2. The molecule has 0 saturated carbocycles. The first-order chi connectivity index (χ1) is 10.9. The van der Waals surface area contributed by atoms with E-state index in [1.807, 2.05) is 0 Å². The summed E-state index contributed by atoms with van der Waals surface area (Å²) in [5.74, 6) is -1.51. The van der Waals surface area contributed by atoms with Gasteiger partial charge in [-0.1, -0.05) is 12.1 Å². The highest BCUT2D eigenvalue weighted by atomic mass is 19.1. The second-order valence-corrected chi connectivity index (χ2v) is 5.11. The normalized spacial score (nSPS) is 10.2. The molecule has 2 amide bonds. The molecule has 2 aromatic carbocycles. The van der Waals surface area contributed by atoms with Crippen molar-refractivity contribution >= 4 is 17.5 Å². The number of carbonyl (C=O) groups is 2. The Morgan fingerprint density at radius 2 is 1.74 bits per heavy atom. The molecule has 0 saturated heterocycles. The minimum absolute atomic E-state index is 0.0120. The number of nitrogens with one attached hydrogen (secondary N) is 1. The van der Waals surface area contributed by atoms with Crippen LogP contribution in [-0.4, -0.2) is 30.3 Å². The molecule has 0 bridgehead atoms. The summed E-state index contributed by atoms with van der Waals surface area (Å²) in [6.45, 7) is -0.147. The molecule has 0 aromatic heterocycles. The monoisotopic (exact) mass is 318 g/mol. The van der Waals surface area contributed by atoms with E-state index in [2.05, 4.69) is 5.32 Å². The standard InChI is InChI=1S/C17H16F2N2O2/c1-21(17(23)10-12-3-2-4-14(19)9-12)11-16(22)20-15-7-5-13(18)6-8-15/h2-9H,10-11H2,1H3,(H,20,22). The Bertz CT molecular complexity index is 702. The Hall–Kier alpha value is -2.76. The minimum Gasteiger partial charge on any atom is -0.336 e. The summed E-state index contributed by atoms with van der Waals surface area (Å²) >= 11 is 0. The molecule has 0 atom stereocenters. The van der Waals surface area contributed by atoms with E-state index in [1.54, 1.807) is 6.07 Å². The van der Waals surface area contributed by atoms with Crippen molar-refractivity contribution in [1.29, 1.82) is 0 Å². The molecule has 6 heteroatoms. The molecule has 0 aliphatic carbocycles. The number of benzene rings is 2. The van der Waals surface area contributed by atoms with Crippen LogP contribution in [0, 0.1) is 11.6 Å². The molecule has 4 nitrogen and oxygen atoms in total. The van der Waals surface area contributed by atoms with Gasteiger partial charge in [-0.3, -0.25) is 9.59 Å². The molecular formula is C17H16F2N2O2. The maximum absolute atomic E-state index is 13.1. The predicted molar refractivity (Wildman–Crippen MR) is 82.8 cm³/mol. The largest absolute Gasteiger partial charge is 0.336 e. The molecule has 0 fully saturated rings. The minimum atomic E-state index is -0.410. The van der Waals surface area contributed by atoms with Gasteiger partial charge in [0, 0.05) is 12.7 Å². The zero-order valence-corrected chi connectivity index (χ0v) is 12.6. The average molecular weight is 318 g/mol. The number of halogens is 2. The van der Waals surface area contributed by atoms with E-state index in [9.17, 15) is 18.4 Å². The van der Waals surface area contributed by atoms with Crippen molar-refractivity contribution in [3.05, 3.63) is 65.7 Å². The molecule has 120 valence electrons. The molecule has 0 radical (unpaired) electrons. The van der Waals surface area contributed by atoms with Crippen LogP contribution >= 0.6 is 0 Å². The number of nitrogens with zero attached hydrogens (tertiary/aromatic N) is 1. The van der Waals surface area contributed by atoms with Gasteiger partial charge in [-0.2, -0.15) is 0 Å². The molecule has 2 rings (SSSR count). The lowest BCUT2D eigenvalue weighted by atomic mass is 10.1. The van der Waals surface area contributed by atoms with Gasteiger partial charge in [0.05, 0.1) is 13.0 Å². The summed E-state index contributed by atoms with van der Waals surface area (Å²) in [6, 6.07) is 11.1. The van der Waals surface area contributed by atoms with E-state index in [0.29, 0.717) is 11.3 Å². The third-order valence-electron chi connectivity index (χ3n) is 3.18. The fourth-order valence-corrected chi connectivity index (χ4v) is 1.99. The number of hydrogen-bond acceptors (Lipinski definition) is 2. The van der Waals surface area contributed by atoms with Crippen LogP contribution in [0.1, 0.15) is 5.56 Å². The summed E-state index contributed by atoms with van der Waals surface area (Å²) < 4.78 is 25.9. The van der Waals surface area contributed by atoms with Gasteiger partial charge in [-0.25, -0.2) is 8.78 Å². The first-order valence-electron chi connectivity index (χ1n) is 6.98. The van der Waals surface area contributed by atoms with Crippen LogP contribution in [0.3, 0.4) is 0 Å². The summed E-state index contributed by atoms with van der Waals surface area (Å²) in [5.41, 5.74) is 0.989. The van der Waals surface area contributed by atoms with Crippen molar-refractivity contribution in [3.63, 3.8) is 0 Å². The number of anilines is 1. The maximum atomic E-state index is 13.1. The molecule has 0 aliphatic heterocycles. The lowest BCUT2D eigenvalue weighted by Crippen LogP contribution is -2.35. The van der Waals surface area contributed by atoms with Crippen LogP contribution in [0.15, 0.2) is 48.5 Å². The van der Waals surface area contributed by atoms with E-state index < -0.39 is 17.5 Å². The first-order valence-corrected chi connectivity index (χ1v) is 6.98. The lowest BCUT2D eigenvalue weighted by Gasteiger charge is -2.17. The van der Waals surface area contributed by atoms with Crippen LogP contribution < -0.4 is 5.32 Å². The van der Waals surface area contributed by atoms with E-state index in [1.165, 1.54) is 54.4 Å². The topological polar surface area (TPSA) is 49.4 Å². The quantitative estimate of drug-likeness (QED) is 0.921. The van der Waals surface area contributed by atoms with E-state index >= 15 is 0 Å². The van der Waals surface area contributed by atoms with Crippen molar-refractivity contribution in [3.8, 4) is 0 Å². The van der Waals surface area contributed by atoms with E-state index in [-0.39, 0.29) is 18.9 Å². The second-order valence-electron chi connectivity index (χ2n) is 5.11. The fourth-order valence-electron chi connectivity index (χ4n) is 1.99. The van der Waals surface area contributed by atoms with Gasteiger partial charge in [0.25, 0.3) is 0 Å². The van der Waals surface area contributed by atoms with Crippen molar-refractivity contribution in [2.45, 2.75) is 6.42 Å². The highest BCUT2D eigenvalue weighted by Crippen LogP contribution is 2.09. The van der Waals surface area contributed by atoms with Gasteiger partial charge in [0.2, 0.25) is 11.8 Å². The predicted octanol–water partition coefficient (Wildman–Crippen LogP) is 2.60. The average Bonchev–Trinajstić information content (AvgIpc) is 2.49. The highest BCUT2D eigenvalue weighted by Gasteiger charge is 2.14. The van der Waals surface area contributed by atoms with Crippen molar-refractivity contribution in [2.24, 2.45) is 0 Å². The smallest absolute Gasteiger partial charge is 0.243 e. The van der Waals surface area contributed by atoms with Crippen LogP contribution in [0.4, 0.5) is 14.5 Å². The third-order valence-corrected chi connectivity index (χ3v) is 3.18. The Kier molecular flexibility index (Phi) is 5.41. The van der Waals surface area contributed by atoms with Crippen molar-refractivity contribution in [2.75, 3.05) is 18.9 Å². The van der Waals surface area contributed by atoms with Gasteiger partial charge < -0.3 is 10.2 Å². The Balaban J connectivity index is 1.87. The van der Waals surface area contributed by atoms with Gasteiger partial charge in [-0.15, -0.1) is 0 Å². The molecule has 0 aliphatic rings. The van der Waals surface area contributed by atoms with Crippen LogP contribution in [0.25, 0.3) is 0 Å². The summed E-state index contributed by atoms with van der Waals surface area (Å²) in [6.07, 6.45) is 0.0120. The molecule has 0 spiro atoms. The molecular weight excluding hydrogens is 302 g/mol. The third kappa shape index (κ3) is 5.18. The van der Waals surface area contributed by atoms with Crippen molar-refractivity contribution < 1.29 is 18.4 Å². The van der Waals surface area contributed by atoms with Gasteiger partial charge in [0.15, 0.2) is 0 Å². The SMILES string of the molecule is CN(CC(=O)Nc1ccc(F)cc1)C(=O)Cc1cccc(F)c1. The first kappa shape index (κ1) is 16.6.